The normalized spacial score (nSPS) is 11.8. The number of rotatable bonds is 2. The van der Waals surface area contributed by atoms with Crippen LogP contribution in [0.15, 0.2) is 59.8 Å². The number of hydrogen-bond donors (Lipinski definition) is 0. The van der Waals surface area contributed by atoms with Gasteiger partial charge in [0.2, 0.25) is 0 Å². The van der Waals surface area contributed by atoms with Crippen molar-refractivity contribution in [3.05, 3.63) is 60.7 Å². The van der Waals surface area contributed by atoms with E-state index in [1.54, 1.807) is 18.2 Å². The van der Waals surface area contributed by atoms with Crippen molar-refractivity contribution in [3.63, 3.8) is 0 Å². The summed E-state index contributed by atoms with van der Waals surface area (Å²) in [4.78, 5) is 4.09. The van der Waals surface area contributed by atoms with Crippen LogP contribution in [0.1, 0.15) is 0 Å². The van der Waals surface area contributed by atoms with Gasteiger partial charge in [0.1, 0.15) is 5.82 Å². The molecule has 4 nitrogen and oxygen atoms in total. The van der Waals surface area contributed by atoms with Gasteiger partial charge >= 0.3 is 0 Å². The van der Waals surface area contributed by atoms with Crippen LogP contribution in [0.3, 0.4) is 0 Å². The molecule has 3 rings (SSSR count). The van der Waals surface area contributed by atoms with Gasteiger partial charge in [-0.3, -0.25) is 0 Å². The highest BCUT2D eigenvalue weighted by molar-refractivity contribution is 7.90. The van der Waals surface area contributed by atoms with Gasteiger partial charge in [-0.1, -0.05) is 0 Å². The first-order valence-corrected chi connectivity index (χ1v) is 6.96. The summed E-state index contributed by atoms with van der Waals surface area (Å²) in [5.41, 5.74) is 0.354. The number of halogens is 1. The van der Waals surface area contributed by atoms with Crippen LogP contribution in [0.25, 0.3) is 11.0 Å². The van der Waals surface area contributed by atoms with Crippen LogP contribution < -0.4 is 0 Å². The maximum absolute atomic E-state index is 12.9. The summed E-state index contributed by atoms with van der Waals surface area (Å²) in [5, 5.41) is 0.730. The summed E-state index contributed by atoms with van der Waals surface area (Å²) in [7, 11) is -3.75. The molecule has 0 aliphatic rings. The lowest BCUT2D eigenvalue weighted by Crippen LogP contribution is -2.12. The van der Waals surface area contributed by atoms with E-state index < -0.39 is 15.8 Å². The van der Waals surface area contributed by atoms with Crippen LogP contribution >= 0.6 is 0 Å². The van der Waals surface area contributed by atoms with Crippen molar-refractivity contribution in [1.82, 2.24) is 8.96 Å². The summed E-state index contributed by atoms with van der Waals surface area (Å²) >= 11 is 0. The second kappa shape index (κ2) is 4.17. The lowest BCUT2D eigenvalue weighted by Gasteiger charge is -2.06. The van der Waals surface area contributed by atoms with Crippen molar-refractivity contribution in [3.8, 4) is 0 Å². The van der Waals surface area contributed by atoms with Gasteiger partial charge in [0, 0.05) is 17.8 Å². The molecule has 0 saturated carbocycles. The molecule has 3 aromatic rings. The summed E-state index contributed by atoms with van der Waals surface area (Å²) in [6.45, 7) is 0. The first kappa shape index (κ1) is 11.9. The SMILES string of the molecule is O=S(=O)(c1ccc(F)cc1)n1ccc2cccnc21. The second-order valence-corrected chi connectivity index (χ2v) is 5.80. The van der Waals surface area contributed by atoms with E-state index >= 15 is 0 Å². The third kappa shape index (κ3) is 1.90. The molecule has 0 aliphatic carbocycles. The van der Waals surface area contributed by atoms with E-state index in [9.17, 15) is 12.8 Å². The highest BCUT2D eigenvalue weighted by Crippen LogP contribution is 2.20. The molecule has 96 valence electrons. The monoisotopic (exact) mass is 276 g/mol. The van der Waals surface area contributed by atoms with Gasteiger partial charge in [0.25, 0.3) is 10.0 Å². The van der Waals surface area contributed by atoms with E-state index in [0.29, 0.717) is 5.65 Å². The molecule has 6 heteroatoms. The van der Waals surface area contributed by atoms with Gasteiger partial charge in [-0.05, 0) is 42.5 Å². The molecule has 0 atom stereocenters. The van der Waals surface area contributed by atoms with Gasteiger partial charge < -0.3 is 0 Å². The molecule has 2 aromatic heterocycles. The van der Waals surface area contributed by atoms with Crippen LogP contribution in [-0.4, -0.2) is 17.4 Å². The van der Waals surface area contributed by atoms with Gasteiger partial charge in [0.05, 0.1) is 4.90 Å². The highest BCUT2D eigenvalue weighted by atomic mass is 32.2. The van der Waals surface area contributed by atoms with Crippen LogP contribution in [0, 0.1) is 5.82 Å². The number of aromatic nitrogens is 2. The number of benzene rings is 1. The lowest BCUT2D eigenvalue weighted by molar-refractivity contribution is 0.587. The number of pyridine rings is 1. The van der Waals surface area contributed by atoms with Gasteiger partial charge in [0.15, 0.2) is 5.65 Å². The summed E-state index contributed by atoms with van der Waals surface area (Å²) in [6, 6.07) is 9.89. The van der Waals surface area contributed by atoms with Crippen molar-refractivity contribution in [1.29, 1.82) is 0 Å². The molecule has 2 heterocycles. The Hall–Kier alpha value is -2.21. The summed E-state index contributed by atoms with van der Waals surface area (Å²) < 4.78 is 38.8. The molecular formula is C13H9FN2O2S. The third-order valence-electron chi connectivity index (χ3n) is 2.79. The van der Waals surface area contributed by atoms with Crippen molar-refractivity contribution < 1.29 is 12.8 Å². The van der Waals surface area contributed by atoms with E-state index in [1.807, 2.05) is 0 Å². The molecule has 0 bridgehead atoms. The van der Waals surface area contributed by atoms with E-state index in [4.69, 9.17) is 0 Å². The minimum absolute atomic E-state index is 0.0250. The van der Waals surface area contributed by atoms with Crippen molar-refractivity contribution in [2.24, 2.45) is 0 Å². The second-order valence-electron chi connectivity index (χ2n) is 3.99. The highest BCUT2D eigenvalue weighted by Gasteiger charge is 2.19. The minimum Gasteiger partial charge on any atom is -0.237 e. The van der Waals surface area contributed by atoms with E-state index in [2.05, 4.69) is 4.98 Å². The fourth-order valence-corrected chi connectivity index (χ4v) is 3.16. The molecule has 0 fully saturated rings. The first-order chi connectivity index (χ1) is 9.09. The number of nitrogens with zero attached hydrogens (tertiary/aromatic N) is 2. The molecule has 0 saturated heterocycles. The van der Waals surface area contributed by atoms with E-state index in [-0.39, 0.29) is 4.90 Å². The van der Waals surface area contributed by atoms with Gasteiger partial charge in [-0.15, -0.1) is 0 Å². The minimum atomic E-state index is -3.75. The zero-order valence-electron chi connectivity index (χ0n) is 9.69. The van der Waals surface area contributed by atoms with Crippen LogP contribution in [-0.2, 0) is 10.0 Å². The predicted octanol–water partition coefficient (Wildman–Crippen LogP) is 2.41. The topological polar surface area (TPSA) is 52.0 Å². The standard InChI is InChI=1S/C13H9FN2O2S/c14-11-3-5-12(6-4-11)19(17,18)16-9-7-10-2-1-8-15-13(10)16/h1-9H. The molecule has 0 amide bonds. The van der Waals surface area contributed by atoms with Gasteiger partial charge in [-0.2, -0.15) is 0 Å². The molecule has 1 aromatic carbocycles. The summed E-state index contributed by atoms with van der Waals surface area (Å²) in [6.07, 6.45) is 2.97. The molecule has 19 heavy (non-hydrogen) atoms. The molecule has 0 unspecified atom stereocenters. The third-order valence-corrected chi connectivity index (χ3v) is 4.47. The molecule has 0 spiro atoms. The number of fused-ring (bicyclic) bond motifs is 1. The van der Waals surface area contributed by atoms with E-state index in [1.165, 1.54) is 24.5 Å². The Labute approximate surface area is 109 Å². The maximum atomic E-state index is 12.9. The Morgan fingerprint density at radius 1 is 1.05 bits per heavy atom. The van der Waals surface area contributed by atoms with Crippen molar-refractivity contribution in [2.45, 2.75) is 4.90 Å². The van der Waals surface area contributed by atoms with E-state index in [0.717, 1.165) is 21.5 Å². The Morgan fingerprint density at radius 2 is 1.79 bits per heavy atom. The molecule has 0 radical (unpaired) electrons. The largest absolute Gasteiger partial charge is 0.269 e. The van der Waals surface area contributed by atoms with Crippen LogP contribution in [0.4, 0.5) is 4.39 Å². The fraction of sp³-hybridized carbons (Fsp3) is 0. The lowest BCUT2D eigenvalue weighted by atomic mass is 10.3. The quantitative estimate of drug-likeness (QED) is 0.722. The zero-order valence-corrected chi connectivity index (χ0v) is 10.5. The Bertz CT molecular complexity index is 838. The maximum Gasteiger partial charge on any atom is 0.269 e. The first-order valence-electron chi connectivity index (χ1n) is 5.52. The van der Waals surface area contributed by atoms with Crippen LogP contribution in [0.2, 0.25) is 0 Å². The smallest absolute Gasteiger partial charge is 0.237 e. The fourth-order valence-electron chi connectivity index (χ4n) is 1.86. The Kier molecular flexibility index (Phi) is 2.60. The Balaban J connectivity index is 2.22. The Morgan fingerprint density at radius 3 is 2.53 bits per heavy atom. The molecular weight excluding hydrogens is 267 g/mol. The van der Waals surface area contributed by atoms with Crippen molar-refractivity contribution >= 4 is 21.1 Å². The van der Waals surface area contributed by atoms with Crippen molar-refractivity contribution in [2.75, 3.05) is 0 Å². The molecule has 0 aliphatic heterocycles. The summed E-state index contributed by atoms with van der Waals surface area (Å²) in [5.74, 6) is -0.477. The predicted molar refractivity (Wildman–Crippen MR) is 68.7 cm³/mol. The molecule has 0 N–H and O–H groups in total. The average molecular weight is 276 g/mol. The van der Waals surface area contributed by atoms with Crippen LogP contribution in [0.5, 0.6) is 0 Å². The number of hydrogen-bond acceptors (Lipinski definition) is 3. The zero-order chi connectivity index (χ0) is 13.5. The van der Waals surface area contributed by atoms with Gasteiger partial charge in [-0.25, -0.2) is 21.8 Å². The average Bonchev–Trinajstić information content (AvgIpc) is 2.83.